The number of allylic oxidation sites excluding steroid dienone is 1. The maximum absolute atomic E-state index is 13.2. The van der Waals surface area contributed by atoms with Crippen LogP contribution in [0.2, 0.25) is 0 Å². The smallest absolute Gasteiger partial charge is 0.416 e. The average molecular weight is 487 g/mol. The number of nitrogens with zero attached hydrogens (tertiary/aromatic N) is 2. The summed E-state index contributed by atoms with van der Waals surface area (Å²) in [7, 11) is 0. The number of rotatable bonds is 6. The van der Waals surface area contributed by atoms with Gasteiger partial charge in [0.2, 0.25) is 0 Å². The molecule has 1 unspecified atom stereocenters. The van der Waals surface area contributed by atoms with Gasteiger partial charge in [0, 0.05) is 5.70 Å². The molecule has 0 bridgehead atoms. The van der Waals surface area contributed by atoms with Crippen molar-refractivity contribution in [2.45, 2.75) is 26.1 Å². The number of nitriles is 1. The predicted molar refractivity (Wildman–Crippen MR) is 117 cm³/mol. The van der Waals surface area contributed by atoms with Crippen LogP contribution in [-0.2, 0) is 25.2 Å². The minimum absolute atomic E-state index is 0.0105. The van der Waals surface area contributed by atoms with E-state index in [1.807, 2.05) is 6.07 Å². The van der Waals surface area contributed by atoms with Crippen molar-refractivity contribution in [2.24, 2.45) is 0 Å². The van der Waals surface area contributed by atoms with E-state index in [-0.39, 0.29) is 23.6 Å². The van der Waals surface area contributed by atoms with Crippen molar-refractivity contribution in [3.63, 3.8) is 0 Å². The summed E-state index contributed by atoms with van der Waals surface area (Å²) in [4.78, 5) is 38.6. The summed E-state index contributed by atoms with van der Waals surface area (Å²) in [5.74, 6) is -1.76. The number of carbonyl (C=O) groups excluding carboxylic acids is 3. The summed E-state index contributed by atoms with van der Waals surface area (Å²) >= 11 is 0. The van der Waals surface area contributed by atoms with E-state index in [2.05, 4.69) is 5.32 Å². The molecular formula is C24H20F3N3O5. The first-order chi connectivity index (χ1) is 16.6. The van der Waals surface area contributed by atoms with Crippen LogP contribution in [0.3, 0.4) is 0 Å². The minimum Gasteiger partial charge on any atom is -0.463 e. The van der Waals surface area contributed by atoms with Crippen molar-refractivity contribution in [1.82, 2.24) is 5.32 Å². The molecule has 1 aliphatic rings. The molecule has 0 spiro atoms. The van der Waals surface area contributed by atoms with Gasteiger partial charge in [-0.15, -0.1) is 0 Å². The zero-order valence-corrected chi connectivity index (χ0v) is 18.7. The third-order valence-corrected chi connectivity index (χ3v) is 5.14. The van der Waals surface area contributed by atoms with Crippen LogP contribution in [-0.4, -0.2) is 31.2 Å². The molecule has 2 aromatic carbocycles. The van der Waals surface area contributed by atoms with Crippen molar-refractivity contribution in [2.75, 3.05) is 18.1 Å². The number of carbonyl (C=O) groups is 3. The van der Waals surface area contributed by atoms with E-state index in [4.69, 9.17) is 14.7 Å². The molecule has 1 N–H and O–H groups in total. The Hall–Kier alpha value is -4.33. The first-order valence-corrected chi connectivity index (χ1v) is 10.4. The lowest BCUT2D eigenvalue weighted by atomic mass is 9.94. The van der Waals surface area contributed by atoms with Gasteiger partial charge in [0.05, 0.1) is 41.1 Å². The molecule has 11 heteroatoms. The molecule has 35 heavy (non-hydrogen) atoms. The molecule has 0 saturated carbocycles. The Bertz CT molecular complexity index is 1220. The van der Waals surface area contributed by atoms with Crippen LogP contribution >= 0.6 is 0 Å². The zero-order chi connectivity index (χ0) is 25.8. The van der Waals surface area contributed by atoms with Gasteiger partial charge in [-0.1, -0.05) is 18.2 Å². The second-order valence-corrected chi connectivity index (χ2v) is 7.38. The second-order valence-electron chi connectivity index (χ2n) is 7.38. The van der Waals surface area contributed by atoms with Crippen molar-refractivity contribution in [3.05, 3.63) is 76.5 Å². The van der Waals surface area contributed by atoms with Gasteiger partial charge in [0.25, 0.3) is 0 Å². The fourth-order valence-electron chi connectivity index (χ4n) is 3.54. The maximum Gasteiger partial charge on any atom is 0.416 e. The maximum atomic E-state index is 13.2. The molecule has 2 amide bonds. The Morgan fingerprint density at radius 3 is 2.43 bits per heavy atom. The van der Waals surface area contributed by atoms with E-state index in [0.717, 1.165) is 23.1 Å². The van der Waals surface area contributed by atoms with Crippen LogP contribution in [0.5, 0.6) is 0 Å². The van der Waals surface area contributed by atoms with Crippen LogP contribution in [0.1, 0.15) is 36.6 Å². The Labute approximate surface area is 198 Å². The number of urea groups is 1. The highest BCUT2D eigenvalue weighted by atomic mass is 19.4. The number of anilines is 1. The van der Waals surface area contributed by atoms with E-state index >= 15 is 0 Å². The number of nitrogens with one attached hydrogen (secondary N) is 1. The number of alkyl halides is 3. The SMILES string of the molecule is CCOC(=O)COC(=O)C1=C(C)N(c2cccc(C(F)(F)F)c2)C(=O)NC1c1ccc(C#N)cc1. The quantitative estimate of drug-likeness (QED) is 0.611. The molecule has 0 aliphatic carbocycles. The van der Waals surface area contributed by atoms with E-state index in [0.29, 0.717) is 11.1 Å². The molecule has 2 aromatic rings. The van der Waals surface area contributed by atoms with Crippen LogP contribution in [0.4, 0.5) is 23.7 Å². The highest BCUT2D eigenvalue weighted by Crippen LogP contribution is 2.37. The molecule has 182 valence electrons. The summed E-state index contributed by atoms with van der Waals surface area (Å²) in [6, 6.07) is 10.2. The number of hydrogen-bond acceptors (Lipinski definition) is 6. The third-order valence-electron chi connectivity index (χ3n) is 5.14. The molecular weight excluding hydrogens is 467 g/mol. The van der Waals surface area contributed by atoms with Crippen molar-refractivity contribution >= 4 is 23.7 Å². The zero-order valence-electron chi connectivity index (χ0n) is 18.7. The lowest BCUT2D eigenvalue weighted by Gasteiger charge is -2.35. The molecule has 0 fully saturated rings. The van der Waals surface area contributed by atoms with Gasteiger partial charge in [-0.3, -0.25) is 4.90 Å². The fraction of sp³-hybridized carbons (Fsp3) is 0.250. The molecule has 1 heterocycles. The van der Waals surface area contributed by atoms with Crippen LogP contribution < -0.4 is 10.2 Å². The lowest BCUT2D eigenvalue weighted by molar-refractivity contribution is -0.156. The van der Waals surface area contributed by atoms with Gasteiger partial charge in [0.1, 0.15) is 0 Å². The van der Waals surface area contributed by atoms with E-state index < -0.39 is 42.4 Å². The van der Waals surface area contributed by atoms with Gasteiger partial charge >= 0.3 is 24.1 Å². The number of hydrogen-bond donors (Lipinski definition) is 1. The van der Waals surface area contributed by atoms with E-state index in [1.165, 1.54) is 37.3 Å². The fourth-order valence-corrected chi connectivity index (χ4v) is 3.54. The Morgan fingerprint density at radius 1 is 1.14 bits per heavy atom. The highest BCUT2D eigenvalue weighted by molar-refractivity contribution is 6.03. The molecule has 0 saturated heterocycles. The van der Waals surface area contributed by atoms with E-state index in [9.17, 15) is 27.6 Å². The van der Waals surface area contributed by atoms with E-state index in [1.54, 1.807) is 6.92 Å². The third kappa shape index (κ3) is 5.60. The Morgan fingerprint density at radius 2 is 1.83 bits per heavy atom. The largest absolute Gasteiger partial charge is 0.463 e. The first kappa shape index (κ1) is 25.3. The number of amides is 2. The van der Waals surface area contributed by atoms with Crippen LogP contribution in [0, 0.1) is 11.3 Å². The van der Waals surface area contributed by atoms with Gasteiger partial charge in [-0.2, -0.15) is 18.4 Å². The standard InChI is InChI=1S/C24H20F3N3O5/c1-3-34-19(31)13-35-22(32)20-14(2)30(18-6-4-5-17(11-18)24(25,26)27)23(33)29-21(20)16-9-7-15(12-28)8-10-16/h4-11,21H,3,13H2,1-2H3,(H,29,33). The first-order valence-electron chi connectivity index (χ1n) is 10.4. The van der Waals surface area contributed by atoms with Gasteiger partial charge in [-0.25, -0.2) is 14.4 Å². The van der Waals surface area contributed by atoms with Gasteiger partial charge in [0.15, 0.2) is 6.61 Å². The van der Waals surface area contributed by atoms with Crippen LogP contribution in [0.25, 0.3) is 0 Å². The normalized spacial score (nSPS) is 15.8. The number of benzene rings is 2. The van der Waals surface area contributed by atoms with Gasteiger partial charge < -0.3 is 14.8 Å². The summed E-state index contributed by atoms with van der Waals surface area (Å²) in [6.45, 7) is 2.35. The predicted octanol–water partition coefficient (Wildman–Crippen LogP) is 4.23. The molecule has 3 rings (SSSR count). The monoisotopic (exact) mass is 487 g/mol. The molecule has 8 nitrogen and oxygen atoms in total. The summed E-state index contributed by atoms with van der Waals surface area (Å²) in [5, 5.41) is 11.6. The molecule has 0 radical (unpaired) electrons. The molecule has 1 atom stereocenters. The molecule has 1 aliphatic heterocycles. The summed E-state index contributed by atoms with van der Waals surface area (Å²) in [5.41, 5.74) is -0.426. The number of ether oxygens (including phenoxy) is 2. The Kier molecular flexibility index (Phi) is 7.44. The summed E-state index contributed by atoms with van der Waals surface area (Å²) in [6.07, 6.45) is -4.65. The second kappa shape index (κ2) is 10.3. The van der Waals surface area contributed by atoms with Crippen molar-refractivity contribution < 1.29 is 37.0 Å². The van der Waals surface area contributed by atoms with Crippen LogP contribution in [0.15, 0.2) is 59.8 Å². The topological polar surface area (TPSA) is 109 Å². The van der Waals surface area contributed by atoms with Crippen molar-refractivity contribution in [3.8, 4) is 6.07 Å². The highest BCUT2D eigenvalue weighted by Gasteiger charge is 2.38. The van der Waals surface area contributed by atoms with Crippen molar-refractivity contribution in [1.29, 1.82) is 5.26 Å². The lowest BCUT2D eigenvalue weighted by Crippen LogP contribution is -2.48. The number of esters is 2. The number of halogens is 3. The Balaban J connectivity index is 2.08. The minimum atomic E-state index is -4.65. The average Bonchev–Trinajstić information content (AvgIpc) is 2.82. The summed E-state index contributed by atoms with van der Waals surface area (Å²) < 4.78 is 49.6. The molecule has 0 aromatic heterocycles. The van der Waals surface area contributed by atoms with Gasteiger partial charge in [-0.05, 0) is 49.7 Å².